The molecule has 7 heteroatoms. The van der Waals surface area contributed by atoms with E-state index in [1.807, 2.05) is 24.3 Å². The second-order valence-electron chi connectivity index (χ2n) is 5.23. The van der Waals surface area contributed by atoms with Crippen LogP contribution in [0.15, 0.2) is 63.7 Å². The van der Waals surface area contributed by atoms with Gasteiger partial charge >= 0.3 is 0 Å². The number of para-hydroxylation sites is 1. The molecule has 124 valence electrons. The summed E-state index contributed by atoms with van der Waals surface area (Å²) < 4.78 is 6.87. The average Bonchev–Trinajstić information content (AvgIpc) is 3.22. The molecule has 2 aromatic carbocycles. The van der Waals surface area contributed by atoms with E-state index in [0.717, 1.165) is 20.8 Å². The molecule has 2 heterocycles. The Morgan fingerprint density at radius 2 is 2.00 bits per heavy atom. The van der Waals surface area contributed by atoms with Crippen molar-refractivity contribution in [2.24, 2.45) is 0 Å². The van der Waals surface area contributed by atoms with Gasteiger partial charge in [0, 0.05) is 10.6 Å². The van der Waals surface area contributed by atoms with Gasteiger partial charge in [0.1, 0.15) is 5.01 Å². The molecule has 0 saturated carbocycles. The normalized spacial score (nSPS) is 11.0. The van der Waals surface area contributed by atoms with Crippen LogP contribution in [0.5, 0.6) is 0 Å². The standard InChI is InChI=1S/C18H10BrClN2O2S/c19-16-8-7-14(24-16)17(23)21-12-6-5-10(20)9-11(12)18-22-13-3-1-2-4-15(13)25-18/h1-9H,(H,21,23). The van der Waals surface area contributed by atoms with Gasteiger partial charge < -0.3 is 9.73 Å². The Balaban J connectivity index is 1.74. The van der Waals surface area contributed by atoms with E-state index in [2.05, 4.69) is 26.2 Å². The van der Waals surface area contributed by atoms with Gasteiger partial charge in [0.15, 0.2) is 10.4 Å². The molecular weight excluding hydrogens is 424 g/mol. The number of nitrogens with one attached hydrogen (secondary N) is 1. The summed E-state index contributed by atoms with van der Waals surface area (Å²) in [5.41, 5.74) is 2.31. The Bertz CT molecular complexity index is 1060. The van der Waals surface area contributed by atoms with Gasteiger partial charge in [0.2, 0.25) is 0 Å². The van der Waals surface area contributed by atoms with Crippen LogP contribution in [-0.4, -0.2) is 10.9 Å². The first-order valence-electron chi connectivity index (χ1n) is 7.32. The van der Waals surface area contributed by atoms with Crippen LogP contribution in [0.3, 0.4) is 0 Å². The molecule has 0 aliphatic rings. The van der Waals surface area contributed by atoms with E-state index in [0.29, 0.717) is 15.4 Å². The number of carbonyl (C=O) groups excluding carboxylic acids is 1. The summed E-state index contributed by atoms with van der Waals surface area (Å²) in [5, 5.41) is 4.23. The Labute approximate surface area is 160 Å². The lowest BCUT2D eigenvalue weighted by atomic mass is 10.2. The lowest BCUT2D eigenvalue weighted by Gasteiger charge is -2.09. The summed E-state index contributed by atoms with van der Waals surface area (Å²) >= 11 is 10.9. The molecule has 4 aromatic rings. The van der Waals surface area contributed by atoms with Crippen LogP contribution in [0, 0.1) is 0 Å². The lowest BCUT2D eigenvalue weighted by molar-refractivity contribution is 0.0995. The second kappa shape index (κ2) is 6.63. The van der Waals surface area contributed by atoms with Crippen molar-refractivity contribution in [1.82, 2.24) is 4.98 Å². The van der Waals surface area contributed by atoms with Crippen LogP contribution in [0.4, 0.5) is 5.69 Å². The smallest absolute Gasteiger partial charge is 0.291 e. The molecule has 0 fully saturated rings. The quantitative estimate of drug-likeness (QED) is 0.417. The van der Waals surface area contributed by atoms with Crippen molar-refractivity contribution in [2.75, 3.05) is 5.32 Å². The highest BCUT2D eigenvalue weighted by atomic mass is 79.9. The minimum Gasteiger partial charge on any atom is -0.444 e. The van der Waals surface area contributed by atoms with Gasteiger partial charge in [-0.25, -0.2) is 4.98 Å². The van der Waals surface area contributed by atoms with Gasteiger partial charge in [0.25, 0.3) is 5.91 Å². The van der Waals surface area contributed by atoms with Crippen molar-refractivity contribution in [2.45, 2.75) is 0 Å². The Morgan fingerprint density at radius 3 is 2.76 bits per heavy atom. The number of aromatic nitrogens is 1. The number of hydrogen-bond donors (Lipinski definition) is 1. The maximum Gasteiger partial charge on any atom is 0.291 e. The highest BCUT2D eigenvalue weighted by molar-refractivity contribution is 9.10. The zero-order valence-electron chi connectivity index (χ0n) is 12.6. The van der Waals surface area contributed by atoms with E-state index in [4.69, 9.17) is 16.0 Å². The number of halogens is 2. The van der Waals surface area contributed by atoms with E-state index in [1.54, 1.807) is 41.7 Å². The van der Waals surface area contributed by atoms with Gasteiger partial charge in [-0.15, -0.1) is 11.3 Å². The van der Waals surface area contributed by atoms with Crippen LogP contribution in [0.2, 0.25) is 5.02 Å². The van der Waals surface area contributed by atoms with Crippen LogP contribution >= 0.6 is 38.9 Å². The molecular formula is C18H10BrClN2O2S. The van der Waals surface area contributed by atoms with E-state index < -0.39 is 0 Å². The number of anilines is 1. The number of carbonyl (C=O) groups is 1. The highest BCUT2D eigenvalue weighted by Crippen LogP contribution is 2.36. The minimum atomic E-state index is -0.338. The van der Waals surface area contributed by atoms with Crippen LogP contribution in [-0.2, 0) is 0 Å². The van der Waals surface area contributed by atoms with Crippen molar-refractivity contribution in [1.29, 1.82) is 0 Å². The molecule has 0 atom stereocenters. The number of benzene rings is 2. The first kappa shape index (κ1) is 16.3. The molecule has 0 spiro atoms. The summed E-state index contributed by atoms with van der Waals surface area (Å²) in [6, 6.07) is 16.5. The van der Waals surface area contributed by atoms with Gasteiger partial charge in [0.05, 0.1) is 15.9 Å². The average molecular weight is 434 g/mol. The zero-order valence-corrected chi connectivity index (χ0v) is 15.8. The summed E-state index contributed by atoms with van der Waals surface area (Å²) in [5.74, 6) is -0.118. The minimum absolute atomic E-state index is 0.220. The summed E-state index contributed by atoms with van der Waals surface area (Å²) in [7, 11) is 0. The lowest BCUT2D eigenvalue weighted by Crippen LogP contribution is -2.11. The Kier molecular flexibility index (Phi) is 4.33. The number of thiazole rings is 1. The van der Waals surface area contributed by atoms with Crippen molar-refractivity contribution >= 4 is 60.7 Å². The van der Waals surface area contributed by atoms with Crippen molar-refractivity contribution in [3.05, 3.63) is 70.0 Å². The SMILES string of the molecule is O=C(Nc1ccc(Cl)cc1-c1nc2ccccc2s1)c1ccc(Br)o1. The summed E-state index contributed by atoms with van der Waals surface area (Å²) in [6.07, 6.45) is 0. The van der Waals surface area contributed by atoms with Crippen LogP contribution in [0.1, 0.15) is 10.6 Å². The first-order valence-corrected chi connectivity index (χ1v) is 9.31. The molecule has 1 N–H and O–H groups in total. The number of nitrogens with zero attached hydrogens (tertiary/aromatic N) is 1. The molecule has 0 aliphatic heterocycles. The molecule has 0 aliphatic carbocycles. The maximum atomic E-state index is 12.4. The molecule has 0 radical (unpaired) electrons. The molecule has 2 aromatic heterocycles. The third kappa shape index (κ3) is 3.33. The monoisotopic (exact) mass is 432 g/mol. The summed E-state index contributed by atoms with van der Waals surface area (Å²) in [4.78, 5) is 17.0. The number of amides is 1. The van der Waals surface area contributed by atoms with Gasteiger partial charge in [-0.1, -0.05) is 23.7 Å². The van der Waals surface area contributed by atoms with E-state index in [1.165, 1.54) is 0 Å². The number of hydrogen-bond acceptors (Lipinski definition) is 4. The maximum absolute atomic E-state index is 12.4. The number of fused-ring (bicyclic) bond motifs is 1. The predicted molar refractivity (Wildman–Crippen MR) is 104 cm³/mol. The Morgan fingerprint density at radius 1 is 1.16 bits per heavy atom. The second-order valence-corrected chi connectivity index (χ2v) is 7.48. The largest absolute Gasteiger partial charge is 0.444 e. The van der Waals surface area contributed by atoms with Gasteiger partial charge in [-0.05, 0) is 58.4 Å². The van der Waals surface area contributed by atoms with E-state index in [-0.39, 0.29) is 11.7 Å². The molecule has 0 unspecified atom stereocenters. The molecule has 4 rings (SSSR count). The number of furan rings is 1. The van der Waals surface area contributed by atoms with Gasteiger partial charge in [-0.3, -0.25) is 4.79 Å². The highest BCUT2D eigenvalue weighted by Gasteiger charge is 2.16. The molecule has 0 saturated heterocycles. The summed E-state index contributed by atoms with van der Waals surface area (Å²) in [6.45, 7) is 0. The fourth-order valence-corrected chi connectivity index (χ4v) is 3.88. The van der Waals surface area contributed by atoms with E-state index >= 15 is 0 Å². The Hall–Kier alpha value is -2.15. The zero-order chi connectivity index (χ0) is 17.4. The fraction of sp³-hybridized carbons (Fsp3) is 0. The van der Waals surface area contributed by atoms with Crippen molar-refractivity contribution < 1.29 is 9.21 Å². The topological polar surface area (TPSA) is 55.1 Å². The van der Waals surface area contributed by atoms with E-state index in [9.17, 15) is 4.79 Å². The third-order valence-corrected chi connectivity index (χ3v) is 5.28. The van der Waals surface area contributed by atoms with Crippen molar-refractivity contribution in [3.63, 3.8) is 0 Å². The van der Waals surface area contributed by atoms with Crippen LogP contribution in [0.25, 0.3) is 20.8 Å². The first-order chi connectivity index (χ1) is 12.1. The molecule has 4 nitrogen and oxygen atoms in total. The van der Waals surface area contributed by atoms with Gasteiger partial charge in [-0.2, -0.15) is 0 Å². The predicted octanol–water partition coefficient (Wildman–Crippen LogP) is 6.22. The molecule has 1 amide bonds. The number of rotatable bonds is 3. The fourth-order valence-electron chi connectivity index (χ4n) is 2.41. The van der Waals surface area contributed by atoms with Crippen LogP contribution < -0.4 is 5.32 Å². The van der Waals surface area contributed by atoms with Crippen molar-refractivity contribution in [3.8, 4) is 10.6 Å². The third-order valence-electron chi connectivity index (χ3n) is 3.55. The molecule has 25 heavy (non-hydrogen) atoms. The molecule has 0 bridgehead atoms.